The topological polar surface area (TPSA) is 42.1 Å². The average molecular weight is 261 g/mol. The van der Waals surface area contributed by atoms with Crippen LogP contribution in [0.15, 0.2) is 12.3 Å². The zero-order valence-electron chi connectivity index (χ0n) is 12.5. The summed E-state index contributed by atoms with van der Waals surface area (Å²) < 4.78 is 0. The first-order valence-electron chi connectivity index (χ1n) is 7.52. The quantitative estimate of drug-likeness (QED) is 0.906. The summed E-state index contributed by atoms with van der Waals surface area (Å²) in [6.07, 6.45) is 8.27. The summed E-state index contributed by atoms with van der Waals surface area (Å²) in [5, 5.41) is 0. The van der Waals surface area contributed by atoms with Crippen LogP contribution in [0.4, 0.5) is 5.82 Å². The van der Waals surface area contributed by atoms with Crippen LogP contribution in [0.1, 0.15) is 43.7 Å². The molecule has 0 aliphatic heterocycles. The molecule has 3 heteroatoms. The van der Waals surface area contributed by atoms with E-state index < -0.39 is 0 Å². The van der Waals surface area contributed by atoms with Crippen molar-refractivity contribution < 1.29 is 0 Å². The summed E-state index contributed by atoms with van der Waals surface area (Å²) in [7, 11) is 2.20. The maximum Gasteiger partial charge on any atom is 0.131 e. The number of nitrogens with zero attached hydrogens (tertiary/aromatic N) is 2. The van der Waals surface area contributed by atoms with Gasteiger partial charge in [-0.05, 0) is 49.8 Å². The molecule has 0 amide bonds. The van der Waals surface area contributed by atoms with Crippen molar-refractivity contribution in [2.24, 2.45) is 11.7 Å². The van der Waals surface area contributed by atoms with Gasteiger partial charge in [-0.3, -0.25) is 0 Å². The monoisotopic (exact) mass is 261 g/mol. The molecule has 3 nitrogen and oxygen atoms in total. The Morgan fingerprint density at radius 2 is 2.11 bits per heavy atom. The zero-order chi connectivity index (χ0) is 13.8. The van der Waals surface area contributed by atoms with Crippen molar-refractivity contribution in [3.63, 3.8) is 0 Å². The molecule has 2 unspecified atom stereocenters. The third-order valence-electron chi connectivity index (χ3n) is 4.44. The number of hydrogen-bond donors (Lipinski definition) is 1. The number of nitrogens with two attached hydrogens (primary N) is 1. The van der Waals surface area contributed by atoms with E-state index in [4.69, 9.17) is 5.73 Å². The number of aryl methyl sites for hydroxylation is 1. The second-order valence-corrected chi connectivity index (χ2v) is 5.96. The van der Waals surface area contributed by atoms with Gasteiger partial charge in [0.25, 0.3) is 0 Å². The molecular formula is C16H27N3. The molecule has 1 fully saturated rings. The Hall–Kier alpha value is -1.09. The van der Waals surface area contributed by atoms with E-state index in [2.05, 4.69) is 36.8 Å². The largest absolute Gasteiger partial charge is 0.356 e. The van der Waals surface area contributed by atoms with Crippen LogP contribution in [-0.4, -0.2) is 24.6 Å². The highest BCUT2D eigenvalue weighted by Crippen LogP contribution is 2.30. The number of pyridine rings is 1. The molecule has 0 aromatic carbocycles. The molecule has 0 radical (unpaired) electrons. The van der Waals surface area contributed by atoms with Crippen molar-refractivity contribution in [3.05, 3.63) is 23.4 Å². The van der Waals surface area contributed by atoms with Gasteiger partial charge in [0.15, 0.2) is 0 Å². The molecule has 0 saturated heterocycles. The lowest BCUT2D eigenvalue weighted by molar-refractivity contribution is 0.320. The van der Waals surface area contributed by atoms with Crippen LogP contribution in [-0.2, 0) is 6.42 Å². The van der Waals surface area contributed by atoms with Crippen molar-refractivity contribution in [2.45, 2.75) is 52.0 Å². The van der Waals surface area contributed by atoms with Crippen LogP contribution in [0.2, 0.25) is 0 Å². The molecule has 1 heterocycles. The average Bonchev–Trinajstić information content (AvgIpc) is 2.39. The van der Waals surface area contributed by atoms with Crippen LogP contribution in [0, 0.1) is 12.8 Å². The third kappa shape index (κ3) is 3.27. The first kappa shape index (κ1) is 14.3. The van der Waals surface area contributed by atoms with Crippen LogP contribution >= 0.6 is 0 Å². The Bertz CT molecular complexity index is 416. The number of hydrogen-bond acceptors (Lipinski definition) is 3. The highest BCUT2D eigenvalue weighted by molar-refractivity contribution is 5.47. The Morgan fingerprint density at radius 1 is 1.37 bits per heavy atom. The standard InChI is InChI=1S/C16H27N3/c1-12-6-4-5-7-15(12)19(3)16-13(2)10-14(8-9-17)11-18-16/h10-12,15H,4-9,17H2,1-3H3. The fourth-order valence-corrected chi connectivity index (χ4v) is 3.33. The van der Waals surface area contributed by atoms with Crippen molar-refractivity contribution in [2.75, 3.05) is 18.5 Å². The maximum absolute atomic E-state index is 5.61. The summed E-state index contributed by atoms with van der Waals surface area (Å²) in [5.41, 5.74) is 8.12. The highest BCUT2D eigenvalue weighted by Gasteiger charge is 2.26. The van der Waals surface area contributed by atoms with E-state index in [0.29, 0.717) is 12.6 Å². The van der Waals surface area contributed by atoms with E-state index in [-0.39, 0.29) is 0 Å². The fraction of sp³-hybridized carbons (Fsp3) is 0.688. The molecular weight excluding hydrogens is 234 g/mol. The van der Waals surface area contributed by atoms with Crippen molar-refractivity contribution in [1.82, 2.24) is 4.98 Å². The Balaban J connectivity index is 2.16. The van der Waals surface area contributed by atoms with Gasteiger partial charge in [-0.15, -0.1) is 0 Å². The summed E-state index contributed by atoms with van der Waals surface area (Å²) in [6, 6.07) is 2.87. The van der Waals surface area contributed by atoms with Gasteiger partial charge in [0, 0.05) is 19.3 Å². The smallest absolute Gasteiger partial charge is 0.131 e. The second kappa shape index (κ2) is 6.38. The molecule has 0 spiro atoms. The van der Waals surface area contributed by atoms with Gasteiger partial charge in [-0.1, -0.05) is 25.8 Å². The van der Waals surface area contributed by atoms with Crippen molar-refractivity contribution in [3.8, 4) is 0 Å². The molecule has 106 valence electrons. The van der Waals surface area contributed by atoms with Gasteiger partial charge in [0.2, 0.25) is 0 Å². The third-order valence-corrected chi connectivity index (χ3v) is 4.44. The van der Waals surface area contributed by atoms with Gasteiger partial charge >= 0.3 is 0 Å². The lowest BCUT2D eigenvalue weighted by atomic mass is 9.85. The van der Waals surface area contributed by atoms with E-state index in [0.717, 1.165) is 18.2 Å². The Labute approximate surface area is 117 Å². The molecule has 1 aromatic rings. The van der Waals surface area contributed by atoms with E-state index in [9.17, 15) is 0 Å². The summed E-state index contributed by atoms with van der Waals surface area (Å²) in [5.74, 6) is 1.91. The normalized spacial score (nSPS) is 23.4. The summed E-state index contributed by atoms with van der Waals surface area (Å²) >= 11 is 0. The number of aromatic nitrogens is 1. The van der Waals surface area contributed by atoms with E-state index in [1.807, 2.05) is 6.20 Å². The van der Waals surface area contributed by atoms with Crippen molar-refractivity contribution >= 4 is 5.82 Å². The minimum Gasteiger partial charge on any atom is -0.356 e. The predicted octanol–water partition coefficient (Wildman–Crippen LogP) is 2.91. The van der Waals surface area contributed by atoms with Crippen LogP contribution in [0.3, 0.4) is 0 Å². The minimum atomic E-state index is 0.639. The predicted molar refractivity (Wildman–Crippen MR) is 81.6 cm³/mol. The maximum atomic E-state index is 5.61. The lowest BCUT2D eigenvalue weighted by Gasteiger charge is -2.37. The molecule has 2 atom stereocenters. The van der Waals surface area contributed by atoms with Gasteiger partial charge in [-0.25, -0.2) is 4.98 Å². The van der Waals surface area contributed by atoms with E-state index in [1.54, 1.807) is 0 Å². The van der Waals surface area contributed by atoms with Gasteiger partial charge in [0.05, 0.1) is 0 Å². The van der Waals surface area contributed by atoms with Gasteiger partial charge in [0.1, 0.15) is 5.82 Å². The Kier molecular flexibility index (Phi) is 4.81. The molecule has 1 aliphatic carbocycles. The van der Waals surface area contributed by atoms with Crippen LogP contribution in [0.5, 0.6) is 0 Å². The van der Waals surface area contributed by atoms with Crippen molar-refractivity contribution in [1.29, 1.82) is 0 Å². The molecule has 1 aliphatic rings. The van der Waals surface area contributed by atoms with E-state index in [1.165, 1.54) is 36.8 Å². The first-order valence-corrected chi connectivity index (χ1v) is 7.52. The highest BCUT2D eigenvalue weighted by atomic mass is 15.2. The molecule has 1 aromatic heterocycles. The summed E-state index contributed by atoms with van der Waals surface area (Å²) in [4.78, 5) is 7.07. The van der Waals surface area contributed by atoms with E-state index >= 15 is 0 Å². The zero-order valence-corrected chi connectivity index (χ0v) is 12.5. The van der Waals surface area contributed by atoms with Gasteiger partial charge in [-0.2, -0.15) is 0 Å². The Morgan fingerprint density at radius 3 is 2.74 bits per heavy atom. The number of anilines is 1. The lowest BCUT2D eigenvalue weighted by Crippen LogP contribution is -2.39. The summed E-state index contributed by atoms with van der Waals surface area (Å²) in [6.45, 7) is 5.22. The molecule has 2 N–H and O–H groups in total. The molecule has 2 rings (SSSR count). The second-order valence-electron chi connectivity index (χ2n) is 5.96. The molecule has 19 heavy (non-hydrogen) atoms. The first-order chi connectivity index (χ1) is 9.13. The van der Waals surface area contributed by atoms with Crippen LogP contribution < -0.4 is 10.6 Å². The molecule has 1 saturated carbocycles. The minimum absolute atomic E-state index is 0.639. The molecule has 0 bridgehead atoms. The fourth-order valence-electron chi connectivity index (χ4n) is 3.33. The van der Waals surface area contributed by atoms with Crippen LogP contribution in [0.25, 0.3) is 0 Å². The van der Waals surface area contributed by atoms with Gasteiger partial charge < -0.3 is 10.6 Å². The number of rotatable bonds is 4. The SMILES string of the molecule is Cc1cc(CCN)cnc1N(C)C1CCCCC1C.